The van der Waals surface area contributed by atoms with Gasteiger partial charge in [-0.05, 0) is 23.4 Å². The van der Waals surface area contributed by atoms with E-state index in [1.807, 2.05) is 47.8 Å². The van der Waals surface area contributed by atoms with Crippen molar-refractivity contribution in [2.24, 2.45) is 0 Å². The van der Waals surface area contributed by atoms with Gasteiger partial charge in [0.1, 0.15) is 0 Å². The van der Waals surface area contributed by atoms with Crippen LogP contribution in [0.15, 0.2) is 52.7 Å². The topological polar surface area (TPSA) is 37.4 Å². The van der Waals surface area contributed by atoms with E-state index >= 15 is 0 Å². The largest absolute Gasteiger partial charge is 0.274 e. The normalized spacial score (nSPS) is 14.6. The molecule has 1 aromatic heterocycles. The zero-order chi connectivity index (χ0) is 18.4. The first kappa shape index (κ1) is 18.9. The maximum absolute atomic E-state index is 12.9. The highest BCUT2D eigenvalue weighted by atomic mass is 32.2. The first-order valence-electron chi connectivity index (χ1n) is 9.03. The van der Waals surface area contributed by atoms with Gasteiger partial charge in [0, 0.05) is 17.2 Å². The van der Waals surface area contributed by atoms with Gasteiger partial charge in [-0.2, -0.15) is 0 Å². The third kappa shape index (κ3) is 4.27. The molecule has 1 aromatic carbocycles. The number of amides is 2. The van der Waals surface area contributed by atoms with Crippen molar-refractivity contribution in [1.82, 2.24) is 4.90 Å². The lowest BCUT2D eigenvalue weighted by Gasteiger charge is -2.14. The minimum Gasteiger partial charge on any atom is -0.274 e. The van der Waals surface area contributed by atoms with Crippen LogP contribution in [0.4, 0.5) is 0 Å². The third-order valence-electron chi connectivity index (χ3n) is 4.35. The molecule has 1 aliphatic heterocycles. The Balaban J connectivity index is 1.79. The van der Waals surface area contributed by atoms with Crippen LogP contribution >= 0.6 is 23.1 Å². The van der Waals surface area contributed by atoms with E-state index in [1.165, 1.54) is 28.0 Å². The number of carbonyl (C=O) groups excluding carboxylic acids is 2. The summed E-state index contributed by atoms with van der Waals surface area (Å²) in [4.78, 5) is 28.8. The van der Waals surface area contributed by atoms with E-state index in [4.69, 9.17) is 0 Å². The van der Waals surface area contributed by atoms with E-state index in [0.29, 0.717) is 22.8 Å². The summed E-state index contributed by atoms with van der Waals surface area (Å²) in [5.74, 6) is 0.425. The summed E-state index contributed by atoms with van der Waals surface area (Å²) in [5.41, 5.74) is 1.73. The van der Waals surface area contributed by atoms with Gasteiger partial charge in [0.2, 0.25) is 0 Å². The van der Waals surface area contributed by atoms with Gasteiger partial charge in [-0.3, -0.25) is 14.5 Å². The molecule has 0 atom stereocenters. The Bertz CT molecular complexity index is 782. The lowest BCUT2D eigenvalue weighted by molar-refractivity contribution is -0.136. The van der Waals surface area contributed by atoms with Crippen LogP contribution in [-0.2, 0) is 15.3 Å². The van der Waals surface area contributed by atoms with Crippen LogP contribution in [-0.4, -0.2) is 23.3 Å². The van der Waals surface area contributed by atoms with Crippen molar-refractivity contribution in [2.75, 3.05) is 6.54 Å². The number of thioether (sulfide) groups is 1. The molecule has 2 aromatic rings. The lowest BCUT2D eigenvalue weighted by atomic mass is 10.2. The molecule has 0 N–H and O–H groups in total. The summed E-state index contributed by atoms with van der Waals surface area (Å²) in [6.07, 6.45) is 4.20. The van der Waals surface area contributed by atoms with Crippen molar-refractivity contribution in [3.8, 4) is 0 Å². The summed E-state index contributed by atoms with van der Waals surface area (Å²) in [6.45, 7) is 2.67. The third-order valence-corrected chi connectivity index (χ3v) is 6.39. The summed E-state index contributed by atoms with van der Waals surface area (Å²) in [6, 6.07) is 13.9. The smallest absolute Gasteiger partial charge is 0.268 e. The predicted molar refractivity (Wildman–Crippen MR) is 110 cm³/mol. The molecule has 0 spiro atoms. The van der Waals surface area contributed by atoms with Crippen LogP contribution in [0.5, 0.6) is 0 Å². The Kier molecular flexibility index (Phi) is 6.69. The van der Waals surface area contributed by atoms with Crippen molar-refractivity contribution < 1.29 is 9.59 Å². The minimum atomic E-state index is -0.135. The molecule has 0 bridgehead atoms. The highest BCUT2D eigenvalue weighted by Crippen LogP contribution is 2.39. The molecule has 1 aliphatic rings. The fourth-order valence-electron chi connectivity index (χ4n) is 2.96. The average Bonchev–Trinajstić information content (AvgIpc) is 3.26. The highest BCUT2D eigenvalue weighted by molar-refractivity contribution is 8.03. The number of hydrogen-bond acceptors (Lipinski definition) is 4. The van der Waals surface area contributed by atoms with Gasteiger partial charge in [-0.15, -0.1) is 23.1 Å². The number of carbonyl (C=O) groups is 2. The SMILES string of the molecule is CCCCCCN1C(=O)C(SCc2ccccc2)=C(c2cccs2)C1=O. The quantitative estimate of drug-likeness (QED) is 0.432. The predicted octanol–water partition coefficient (Wildman–Crippen LogP) is 5.34. The number of imide groups is 1. The van der Waals surface area contributed by atoms with Gasteiger partial charge >= 0.3 is 0 Å². The monoisotopic (exact) mass is 385 g/mol. The van der Waals surface area contributed by atoms with Crippen molar-refractivity contribution in [3.05, 3.63) is 63.2 Å². The second kappa shape index (κ2) is 9.19. The van der Waals surface area contributed by atoms with Crippen molar-refractivity contribution in [3.63, 3.8) is 0 Å². The molecule has 3 nitrogen and oxygen atoms in total. The number of benzene rings is 1. The van der Waals surface area contributed by atoms with Crippen LogP contribution in [0.1, 0.15) is 43.0 Å². The van der Waals surface area contributed by atoms with Crippen LogP contribution in [0.25, 0.3) is 5.57 Å². The number of hydrogen-bond donors (Lipinski definition) is 0. The molecule has 0 unspecified atom stereocenters. The standard InChI is InChI=1S/C21H23NO2S2/c1-2-3-4-8-13-22-20(23)18(17-12-9-14-25-17)19(21(22)24)26-15-16-10-6-5-7-11-16/h5-7,9-12,14H,2-4,8,13,15H2,1H3. The number of nitrogens with zero attached hydrogens (tertiary/aromatic N) is 1. The molecule has 3 rings (SSSR count). The molecule has 0 radical (unpaired) electrons. The first-order chi connectivity index (χ1) is 12.7. The van der Waals surface area contributed by atoms with Gasteiger partial charge in [0.15, 0.2) is 0 Å². The summed E-state index contributed by atoms with van der Waals surface area (Å²) in [7, 11) is 0. The Hall–Kier alpha value is -1.85. The second-order valence-corrected chi connectivity index (χ2v) is 8.21. The fraction of sp³-hybridized carbons (Fsp3) is 0.333. The molecular formula is C21H23NO2S2. The molecule has 26 heavy (non-hydrogen) atoms. The van der Waals surface area contributed by atoms with Crippen molar-refractivity contribution >= 4 is 40.5 Å². The lowest BCUT2D eigenvalue weighted by Crippen LogP contribution is -2.32. The van der Waals surface area contributed by atoms with Gasteiger partial charge < -0.3 is 0 Å². The fourth-order valence-corrected chi connectivity index (χ4v) is 4.87. The first-order valence-corrected chi connectivity index (χ1v) is 10.9. The average molecular weight is 386 g/mol. The van der Waals surface area contributed by atoms with E-state index in [1.54, 1.807) is 0 Å². The van der Waals surface area contributed by atoms with Crippen LogP contribution in [0.2, 0.25) is 0 Å². The Morgan fingerprint density at radius 3 is 2.46 bits per heavy atom. The van der Waals surface area contributed by atoms with Gasteiger partial charge in [0.05, 0.1) is 10.5 Å². The van der Waals surface area contributed by atoms with E-state index in [2.05, 4.69) is 6.92 Å². The van der Waals surface area contributed by atoms with E-state index < -0.39 is 0 Å². The van der Waals surface area contributed by atoms with Crippen LogP contribution in [0.3, 0.4) is 0 Å². The van der Waals surface area contributed by atoms with Crippen LogP contribution in [0, 0.1) is 0 Å². The number of rotatable bonds is 9. The van der Waals surface area contributed by atoms with Gasteiger partial charge in [0.25, 0.3) is 11.8 Å². The molecule has 0 saturated heterocycles. The molecule has 0 saturated carbocycles. The maximum atomic E-state index is 12.9. The molecular weight excluding hydrogens is 362 g/mol. The molecule has 0 aliphatic carbocycles. The summed E-state index contributed by atoms with van der Waals surface area (Å²) < 4.78 is 0. The minimum absolute atomic E-state index is 0.129. The van der Waals surface area contributed by atoms with Crippen molar-refractivity contribution in [1.29, 1.82) is 0 Å². The number of thiophene rings is 1. The molecule has 2 amide bonds. The Morgan fingerprint density at radius 1 is 0.962 bits per heavy atom. The molecule has 136 valence electrons. The summed E-state index contributed by atoms with van der Waals surface area (Å²) >= 11 is 2.99. The molecule has 0 fully saturated rings. The number of unbranched alkanes of at least 4 members (excludes halogenated alkanes) is 3. The van der Waals surface area contributed by atoms with Gasteiger partial charge in [-0.25, -0.2) is 0 Å². The second-order valence-electron chi connectivity index (χ2n) is 6.28. The van der Waals surface area contributed by atoms with E-state index in [9.17, 15) is 9.59 Å². The zero-order valence-corrected chi connectivity index (χ0v) is 16.6. The maximum Gasteiger partial charge on any atom is 0.268 e. The van der Waals surface area contributed by atoms with Crippen molar-refractivity contribution in [2.45, 2.75) is 38.4 Å². The zero-order valence-electron chi connectivity index (χ0n) is 14.9. The molecule has 5 heteroatoms. The Morgan fingerprint density at radius 2 is 1.77 bits per heavy atom. The summed E-state index contributed by atoms with van der Waals surface area (Å²) in [5, 5.41) is 1.95. The highest BCUT2D eigenvalue weighted by Gasteiger charge is 2.39. The van der Waals surface area contributed by atoms with Gasteiger partial charge in [-0.1, -0.05) is 62.6 Å². The Labute approximate surface area is 163 Å². The molecule has 2 heterocycles. The van der Waals surface area contributed by atoms with E-state index in [-0.39, 0.29) is 11.8 Å². The van der Waals surface area contributed by atoms with E-state index in [0.717, 1.165) is 36.1 Å². The van der Waals surface area contributed by atoms with Crippen LogP contribution < -0.4 is 0 Å².